The summed E-state index contributed by atoms with van der Waals surface area (Å²) in [7, 11) is 0. The van der Waals surface area contributed by atoms with Crippen LogP contribution in [0.4, 0.5) is 0 Å². The standard InChI is InChI=1S/C14H15NO2/c1-9(16)11-6-7-13-12(8-11)14(15-17-13)10-4-2-3-5-10/h6-8,10H,2-5H2,1H3. The summed E-state index contributed by atoms with van der Waals surface area (Å²) >= 11 is 0. The van der Waals surface area contributed by atoms with E-state index in [4.69, 9.17) is 4.52 Å². The molecule has 88 valence electrons. The van der Waals surface area contributed by atoms with E-state index in [1.165, 1.54) is 25.7 Å². The van der Waals surface area contributed by atoms with Crippen LogP contribution in [-0.4, -0.2) is 10.9 Å². The van der Waals surface area contributed by atoms with Crippen molar-refractivity contribution in [2.24, 2.45) is 0 Å². The number of rotatable bonds is 2. The van der Waals surface area contributed by atoms with E-state index in [0.29, 0.717) is 5.92 Å². The van der Waals surface area contributed by atoms with Crippen molar-refractivity contribution in [1.29, 1.82) is 0 Å². The Morgan fingerprint density at radius 1 is 1.35 bits per heavy atom. The highest BCUT2D eigenvalue weighted by Gasteiger charge is 2.23. The van der Waals surface area contributed by atoms with Crippen LogP contribution in [0.25, 0.3) is 11.0 Å². The summed E-state index contributed by atoms with van der Waals surface area (Å²) in [6.45, 7) is 1.59. The van der Waals surface area contributed by atoms with Gasteiger partial charge in [0.25, 0.3) is 0 Å². The lowest BCUT2D eigenvalue weighted by molar-refractivity contribution is 0.101. The fourth-order valence-electron chi connectivity index (χ4n) is 2.67. The van der Waals surface area contributed by atoms with Gasteiger partial charge in [-0.15, -0.1) is 0 Å². The van der Waals surface area contributed by atoms with E-state index in [1.54, 1.807) is 13.0 Å². The molecule has 0 amide bonds. The van der Waals surface area contributed by atoms with E-state index in [1.807, 2.05) is 12.1 Å². The van der Waals surface area contributed by atoms with Crippen LogP contribution in [0.5, 0.6) is 0 Å². The first-order chi connectivity index (χ1) is 8.25. The van der Waals surface area contributed by atoms with Crippen molar-refractivity contribution in [3.8, 4) is 0 Å². The molecule has 2 aromatic rings. The van der Waals surface area contributed by atoms with Crippen LogP contribution in [0.15, 0.2) is 22.7 Å². The molecule has 1 heterocycles. The highest BCUT2D eigenvalue weighted by atomic mass is 16.5. The molecule has 1 aromatic heterocycles. The highest BCUT2D eigenvalue weighted by Crippen LogP contribution is 2.37. The Kier molecular flexibility index (Phi) is 2.46. The monoisotopic (exact) mass is 229 g/mol. The van der Waals surface area contributed by atoms with Crippen LogP contribution in [0, 0.1) is 0 Å². The Bertz CT molecular complexity index is 565. The normalized spacial score (nSPS) is 16.8. The quantitative estimate of drug-likeness (QED) is 0.737. The number of carbonyl (C=O) groups is 1. The molecule has 0 spiro atoms. The van der Waals surface area contributed by atoms with Crippen molar-refractivity contribution in [1.82, 2.24) is 5.16 Å². The molecular formula is C14H15NO2. The van der Waals surface area contributed by atoms with E-state index >= 15 is 0 Å². The number of aromatic nitrogens is 1. The van der Waals surface area contributed by atoms with E-state index in [-0.39, 0.29) is 5.78 Å². The van der Waals surface area contributed by atoms with Crippen LogP contribution >= 0.6 is 0 Å². The lowest BCUT2D eigenvalue weighted by Gasteiger charge is -2.04. The van der Waals surface area contributed by atoms with Gasteiger partial charge in [-0.3, -0.25) is 4.79 Å². The van der Waals surface area contributed by atoms with Gasteiger partial charge in [0.15, 0.2) is 11.4 Å². The van der Waals surface area contributed by atoms with Gasteiger partial charge < -0.3 is 4.52 Å². The SMILES string of the molecule is CC(=O)c1ccc2onc(C3CCCC3)c2c1. The molecule has 17 heavy (non-hydrogen) atoms. The van der Waals surface area contributed by atoms with Gasteiger partial charge in [-0.05, 0) is 38.0 Å². The zero-order chi connectivity index (χ0) is 11.8. The van der Waals surface area contributed by atoms with Crippen molar-refractivity contribution >= 4 is 16.8 Å². The predicted octanol–water partition coefficient (Wildman–Crippen LogP) is 3.69. The molecule has 1 aliphatic rings. The van der Waals surface area contributed by atoms with Gasteiger partial charge in [-0.1, -0.05) is 18.0 Å². The lowest BCUT2D eigenvalue weighted by Crippen LogP contribution is -1.95. The molecule has 0 saturated heterocycles. The Labute approximate surface area is 99.8 Å². The van der Waals surface area contributed by atoms with Gasteiger partial charge in [0.1, 0.15) is 0 Å². The molecule has 0 atom stereocenters. The van der Waals surface area contributed by atoms with Crippen LogP contribution in [0.1, 0.15) is 54.6 Å². The molecule has 0 bridgehead atoms. The lowest BCUT2D eigenvalue weighted by atomic mass is 9.99. The second-order valence-electron chi connectivity index (χ2n) is 4.82. The number of hydrogen-bond donors (Lipinski definition) is 0. The maximum atomic E-state index is 11.4. The molecule has 1 aliphatic carbocycles. The van der Waals surface area contributed by atoms with E-state index in [2.05, 4.69) is 5.16 Å². The number of ketones is 1. The third-order valence-electron chi connectivity index (χ3n) is 3.65. The molecule has 3 nitrogen and oxygen atoms in total. The number of hydrogen-bond acceptors (Lipinski definition) is 3. The smallest absolute Gasteiger partial charge is 0.167 e. The first-order valence-corrected chi connectivity index (χ1v) is 6.16. The van der Waals surface area contributed by atoms with Crippen molar-refractivity contribution in [2.45, 2.75) is 38.5 Å². The Morgan fingerprint density at radius 3 is 2.82 bits per heavy atom. The second kappa shape index (κ2) is 3.99. The van der Waals surface area contributed by atoms with Gasteiger partial charge in [-0.25, -0.2) is 0 Å². The first-order valence-electron chi connectivity index (χ1n) is 6.16. The number of benzene rings is 1. The van der Waals surface area contributed by atoms with Gasteiger partial charge in [0.2, 0.25) is 0 Å². The molecule has 0 aliphatic heterocycles. The molecule has 0 unspecified atom stereocenters. The average molecular weight is 229 g/mol. The number of Topliss-reactive ketones (excluding diaryl/α,β-unsaturated/α-hetero) is 1. The van der Waals surface area contributed by atoms with Crippen molar-refractivity contribution < 1.29 is 9.32 Å². The van der Waals surface area contributed by atoms with Crippen molar-refractivity contribution in [3.05, 3.63) is 29.5 Å². The second-order valence-corrected chi connectivity index (χ2v) is 4.82. The minimum absolute atomic E-state index is 0.0884. The average Bonchev–Trinajstić information content (AvgIpc) is 2.96. The molecular weight excluding hydrogens is 214 g/mol. The fourth-order valence-corrected chi connectivity index (χ4v) is 2.67. The molecule has 1 saturated carbocycles. The number of nitrogens with zero attached hydrogens (tertiary/aromatic N) is 1. The number of carbonyl (C=O) groups excluding carboxylic acids is 1. The van der Waals surface area contributed by atoms with Gasteiger partial charge in [0, 0.05) is 16.9 Å². The Balaban J connectivity index is 2.11. The third-order valence-corrected chi connectivity index (χ3v) is 3.65. The summed E-state index contributed by atoms with van der Waals surface area (Å²) in [5.41, 5.74) is 2.57. The van der Waals surface area contributed by atoms with Crippen LogP contribution < -0.4 is 0 Å². The summed E-state index contributed by atoms with van der Waals surface area (Å²) in [6, 6.07) is 5.56. The molecule has 1 aromatic carbocycles. The van der Waals surface area contributed by atoms with Crippen molar-refractivity contribution in [3.63, 3.8) is 0 Å². The molecule has 3 heteroatoms. The maximum Gasteiger partial charge on any atom is 0.167 e. The summed E-state index contributed by atoms with van der Waals surface area (Å²) in [5.74, 6) is 0.601. The Hall–Kier alpha value is -1.64. The minimum atomic E-state index is 0.0884. The van der Waals surface area contributed by atoms with Crippen LogP contribution in [0.2, 0.25) is 0 Å². The van der Waals surface area contributed by atoms with Crippen LogP contribution in [0.3, 0.4) is 0 Å². The van der Waals surface area contributed by atoms with E-state index in [9.17, 15) is 4.79 Å². The summed E-state index contributed by atoms with van der Waals surface area (Å²) in [5, 5.41) is 5.21. The summed E-state index contributed by atoms with van der Waals surface area (Å²) in [4.78, 5) is 11.4. The Morgan fingerprint density at radius 2 is 2.12 bits per heavy atom. The predicted molar refractivity (Wildman–Crippen MR) is 65.2 cm³/mol. The zero-order valence-corrected chi connectivity index (χ0v) is 9.90. The topological polar surface area (TPSA) is 43.1 Å². The maximum absolute atomic E-state index is 11.4. The number of fused-ring (bicyclic) bond motifs is 1. The van der Waals surface area contributed by atoms with Crippen LogP contribution in [-0.2, 0) is 0 Å². The largest absolute Gasteiger partial charge is 0.356 e. The van der Waals surface area contributed by atoms with E-state index < -0.39 is 0 Å². The third kappa shape index (κ3) is 1.75. The summed E-state index contributed by atoms with van der Waals surface area (Å²) < 4.78 is 5.33. The van der Waals surface area contributed by atoms with E-state index in [0.717, 1.165) is 22.2 Å². The van der Waals surface area contributed by atoms with Crippen molar-refractivity contribution in [2.75, 3.05) is 0 Å². The highest BCUT2D eigenvalue weighted by molar-refractivity contribution is 5.98. The molecule has 0 radical (unpaired) electrons. The van der Waals surface area contributed by atoms with Gasteiger partial charge >= 0.3 is 0 Å². The van der Waals surface area contributed by atoms with Gasteiger partial charge in [0.05, 0.1) is 5.69 Å². The minimum Gasteiger partial charge on any atom is -0.356 e. The summed E-state index contributed by atoms with van der Waals surface area (Å²) in [6.07, 6.45) is 4.91. The van der Waals surface area contributed by atoms with Gasteiger partial charge in [-0.2, -0.15) is 0 Å². The molecule has 1 fully saturated rings. The fraction of sp³-hybridized carbons (Fsp3) is 0.429. The zero-order valence-electron chi connectivity index (χ0n) is 9.90. The molecule has 3 rings (SSSR count). The molecule has 0 N–H and O–H groups in total. The first kappa shape index (κ1) is 10.5.